The second kappa shape index (κ2) is 3.24. The van der Waals surface area contributed by atoms with Gasteiger partial charge in [0.05, 0.1) is 11.0 Å². The van der Waals surface area contributed by atoms with E-state index < -0.39 is 31.4 Å². The van der Waals surface area contributed by atoms with Crippen LogP contribution in [-0.4, -0.2) is 23.0 Å². The summed E-state index contributed by atoms with van der Waals surface area (Å²) < 4.78 is 29.7. The first kappa shape index (κ1) is 10.4. The highest BCUT2D eigenvalue weighted by molar-refractivity contribution is 7.86. The first-order valence-electron chi connectivity index (χ1n) is 3.27. The van der Waals surface area contributed by atoms with Crippen molar-refractivity contribution in [3.63, 3.8) is 0 Å². The normalized spacial score (nSPS) is 11.2. The average molecular weight is 219 g/mol. The number of nitro groups is 1. The van der Waals surface area contributed by atoms with Crippen LogP contribution < -0.4 is 0 Å². The van der Waals surface area contributed by atoms with E-state index in [-0.39, 0.29) is 0 Å². The molecule has 76 valence electrons. The van der Waals surface area contributed by atoms with E-state index in [1.165, 1.54) is 0 Å². The highest BCUT2D eigenvalue weighted by atomic mass is 32.2. The fraction of sp³-hybridized carbons (Fsp3) is 0. The lowest BCUT2D eigenvalue weighted by Crippen LogP contribution is -1.99. The molecular formula is C6H5NO6S. The molecule has 1 aromatic carbocycles. The number of nitrogens with zero attached hydrogens (tertiary/aromatic N) is 1. The number of non-ortho nitro benzene ring substituents is 1. The second-order valence-corrected chi connectivity index (χ2v) is 3.77. The Labute approximate surface area is 78.5 Å². The summed E-state index contributed by atoms with van der Waals surface area (Å²) in [5.74, 6) is -0.860. The Balaban J connectivity index is 3.35. The molecule has 8 heteroatoms. The quantitative estimate of drug-likeness (QED) is 0.426. The maximum absolute atomic E-state index is 10.6. The molecule has 0 radical (unpaired) electrons. The van der Waals surface area contributed by atoms with Crippen LogP contribution in [0.5, 0.6) is 5.75 Å². The van der Waals surface area contributed by atoms with Gasteiger partial charge in [-0.3, -0.25) is 14.7 Å². The maximum Gasteiger partial charge on any atom is 0.298 e. The fourth-order valence-corrected chi connectivity index (χ4v) is 1.40. The first-order chi connectivity index (χ1) is 6.32. The van der Waals surface area contributed by atoms with Crippen LogP contribution in [0.25, 0.3) is 0 Å². The van der Waals surface area contributed by atoms with Gasteiger partial charge in [0.15, 0.2) is 0 Å². The number of rotatable bonds is 2. The predicted molar refractivity (Wildman–Crippen MR) is 44.6 cm³/mol. The van der Waals surface area contributed by atoms with Gasteiger partial charge in [-0.15, -0.1) is 0 Å². The van der Waals surface area contributed by atoms with E-state index in [2.05, 4.69) is 0 Å². The van der Waals surface area contributed by atoms with Crippen molar-refractivity contribution in [2.75, 3.05) is 0 Å². The van der Waals surface area contributed by atoms with E-state index in [1.807, 2.05) is 0 Å². The molecule has 0 atom stereocenters. The van der Waals surface area contributed by atoms with Crippen LogP contribution in [0, 0.1) is 10.1 Å². The van der Waals surface area contributed by atoms with Gasteiger partial charge in [-0.05, 0) is 6.07 Å². The van der Waals surface area contributed by atoms with E-state index in [9.17, 15) is 18.5 Å². The third-order valence-electron chi connectivity index (χ3n) is 1.43. The number of phenolic OH excluding ortho intramolecular Hbond substituents is 1. The van der Waals surface area contributed by atoms with Crippen molar-refractivity contribution < 1.29 is 23.0 Å². The summed E-state index contributed by atoms with van der Waals surface area (Å²) in [5.41, 5.74) is -0.463. The standard InChI is InChI=1S/C6H5NO6S/c8-5-3-4(7(9)10)1-2-6(5)14(11,12)13/h1-3,8H,(H,11,12,13). The van der Waals surface area contributed by atoms with Crippen molar-refractivity contribution in [2.24, 2.45) is 0 Å². The van der Waals surface area contributed by atoms with E-state index in [4.69, 9.17) is 9.66 Å². The minimum atomic E-state index is -4.55. The van der Waals surface area contributed by atoms with Gasteiger partial charge in [0, 0.05) is 6.07 Å². The van der Waals surface area contributed by atoms with Crippen LogP contribution >= 0.6 is 0 Å². The minimum absolute atomic E-state index is 0.463. The molecule has 0 saturated heterocycles. The van der Waals surface area contributed by atoms with Gasteiger partial charge in [0.25, 0.3) is 15.8 Å². The third-order valence-corrected chi connectivity index (χ3v) is 2.33. The van der Waals surface area contributed by atoms with E-state index >= 15 is 0 Å². The molecule has 0 bridgehead atoms. The molecule has 0 aliphatic heterocycles. The Hall–Kier alpha value is -1.67. The molecule has 14 heavy (non-hydrogen) atoms. The number of aromatic hydroxyl groups is 1. The van der Waals surface area contributed by atoms with Gasteiger partial charge in [-0.25, -0.2) is 0 Å². The Kier molecular flexibility index (Phi) is 2.41. The number of phenols is 1. The van der Waals surface area contributed by atoms with Crippen LogP contribution in [-0.2, 0) is 10.1 Å². The summed E-state index contributed by atoms with van der Waals surface area (Å²) in [6, 6.07) is 2.26. The highest BCUT2D eigenvalue weighted by Crippen LogP contribution is 2.26. The summed E-state index contributed by atoms with van der Waals surface area (Å²) in [5, 5.41) is 19.2. The Bertz CT molecular complexity index is 479. The topological polar surface area (TPSA) is 118 Å². The van der Waals surface area contributed by atoms with Gasteiger partial charge in [-0.2, -0.15) is 8.42 Å². The lowest BCUT2D eigenvalue weighted by atomic mass is 10.3. The lowest BCUT2D eigenvalue weighted by molar-refractivity contribution is -0.385. The van der Waals surface area contributed by atoms with Crippen molar-refractivity contribution in [1.82, 2.24) is 0 Å². The van der Waals surface area contributed by atoms with Crippen molar-refractivity contribution in [1.29, 1.82) is 0 Å². The minimum Gasteiger partial charge on any atom is -0.506 e. The molecule has 0 aliphatic carbocycles. The van der Waals surface area contributed by atoms with Crippen molar-refractivity contribution in [3.05, 3.63) is 28.3 Å². The number of benzene rings is 1. The molecular weight excluding hydrogens is 214 g/mol. The summed E-state index contributed by atoms with van der Waals surface area (Å²) in [7, 11) is -4.55. The maximum atomic E-state index is 10.6. The molecule has 0 amide bonds. The summed E-state index contributed by atoms with van der Waals surface area (Å²) >= 11 is 0. The molecule has 2 N–H and O–H groups in total. The SMILES string of the molecule is O=[N+]([O-])c1ccc(S(=O)(=O)O)c(O)c1. The van der Waals surface area contributed by atoms with Crippen LogP contribution in [0.15, 0.2) is 23.1 Å². The van der Waals surface area contributed by atoms with E-state index in [0.29, 0.717) is 6.07 Å². The van der Waals surface area contributed by atoms with Gasteiger partial charge in [0.2, 0.25) is 0 Å². The summed E-state index contributed by atoms with van der Waals surface area (Å²) in [4.78, 5) is 8.64. The highest BCUT2D eigenvalue weighted by Gasteiger charge is 2.18. The number of nitro benzene ring substituents is 1. The van der Waals surface area contributed by atoms with Crippen LogP contribution in [0.4, 0.5) is 5.69 Å². The molecule has 0 heterocycles. The lowest BCUT2D eigenvalue weighted by Gasteiger charge is -1.99. The van der Waals surface area contributed by atoms with Crippen molar-refractivity contribution >= 4 is 15.8 Å². The van der Waals surface area contributed by atoms with Crippen molar-refractivity contribution in [2.45, 2.75) is 4.90 Å². The molecule has 0 saturated carbocycles. The predicted octanol–water partition coefficient (Wildman–Crippen LogP) is 0.547. The van der Waals surface area contributed by atoms with E-state index in [1.54, 1.807) is 0 Å². The molecule has 0 spiro atoms. The third kappa shape index (κ3) is 1.98. The fourth-order valence-electron chi connectivity index (χ4n) is 0.837. The Morgan fingerprint density at radius 3 is 2.29 bits per heavy atom. The smallest absolute Gasteiger partial charge is 0.298 e. The molecule has 0 unspecified atom stereocenters. The van der Waals surface area contributed by atoms with Crippen molar-refractivity contribution in [3.8, 4) is 5.75 Å². The first-order valence-corrected chi connectivity index (χ1v) is 4.71. The Morgan fingerprint density at radius 1 is 1.36 bits per heavy atom. The van der Waals surface area contributed by atoms with Crippen LogP contribution in [0.2, 0.25) is 0 Å². The molecule has 0 fully saturated rings. The van der Waals surface area contributed by atoms with Crippen LogP contribution in [0.1, 0.15) is 0 Å². The van der Waals surface area contributed by atoms with Gasteiger partial charge >= 0.3 is 0 Å². The second-order valence-electron chi connectivity index (χ2n) is 2.38. The number of hydrogen-bond acceptors (Lipinski definition) is 5. The Morgan fingerprint density at radius 2 is 1.93 bits per heavy atom. The van der Waals surface area contributed by atoms with E-state index in [0.717, 1.165) is 12.1 Å². The molecule has 1 aromatic rings. The van der Waals surface area contributed by atoms with Gasteiger partial charge in [0.1, 0.15) is 10.6 Å². The van der Waals surface area contributed by atoms with Gasteiger partial charge in [-0.1, -0.05) is 0 Å². The monoisotopic (exact) mass is 219 g/mol. The zero-order valence-corrected chi connectivity index (χ0v) is 7.43. The largest absolute Gasteiger partial charge is 0.506 e. The summed E-state index contributed by atoms with van der Waals surface area (Å²) in [6.07, 6.45) is 0. The number of hydrogen-bond donors (Lipinski definition) is 2. The molecule has 7 nitrogen and oxygen atoms in total. The molecule has 1 rings (SSSR count). The molecule has 0 aromatic heterocycles. The molecule has 0 aliphatic rings. The average Bonchev–Trinajstić information content (AvgIpc) is 2.01. The van der Waals surface area contributed by atoms with Gasteiger partial charge < -0.3 is 5.11 Å². The summed E-state index contributed by atoms with van der Waals surface area (Å²) in [6.45, 7) is 0. The zero-order chi connectivity index (χ0) is 10.9. The zero-order valence-electron chi connectivity index (χ0n) is 6.61. The van der Waals surface area contributed by atoms with Crippen LogP contribution in [0.3, 0.4) is 0 Å².